The Morgan fingerprint density at radius 2 is 1.34 bits per heavy atom. The zero-order valence-corrected chi connectivity index (χ0v) is 21.9. The Labute approximate surface area is 212 Å². The number of anilines is 1. The summed E-state index contributed by atoms with van der Waals surface area (Å²) >= 11 is 5.57. The first kappa shape index (κ1) is 24.6. The molecule has 0 fully saturated rings. The Kier molecular flexibility index (Phi) is 6.52. The van der Waals surface area contributed by atoms with Crippen molar-refractivity contribution in [3.63, 3.8) is 0 Å². The number of nitrogens with one attached hydrogen (secondary N) is 2. The molecule has 0 aliphatic carbocycles. The molecule has 0 aliphatic rings. The third kappa shape index (κ3) is 5.28. The maximum Gasteiger partial charge on any atom is 0.191 e. The van der Waals surface area contributed by atoms with E-state index >= 15 is 0 Å². The van der Waals surface area contributed by atoms with Gasteiger partial charge >= 0.3 is 0 Å². The standard InChI is InChI=1S/C29H32N4OS/c1-28(2,3)21-15-18(16-22(26(21)34)29(4,5)6)17-30-33-27(35)32-25-19-11-7-9-13-23(19)31-24-14-10-8-12-20(24)25/h7-17,34H,1-6H3,(H2,31,32,33,35)/b30-17+. The minimum Gasteiger partial charge on any atom is -0.507 e. The summed E-state index contributed by atoms with van der Waals surface area (Å²) < 4.78 is 0. The van der Waals surface area contributed by atoms with E-state index in [2.05, 4.69) is 57.4 Å². The number of benzene rings is 3. The topological polar surface area (TPSA) is 69.5 Å². The summed E-state index contributed by atoms with van der Waals surface area (Å²) in [5.41, 5.74) is 7.90. The summed E-state index contributed by atoms with van der Waals surface area (Å²) in [6.45, 7) is 12.6. The number of nitrogens with zero attached hydrogens (tertiary/aromatic N) is 2. The van der Waals surface area contributed by atoms with E-state index in [1.54, 1.807) is 6.21 Å². The van der Waals surface area contributed by atoms with Gasteiger partial charge in [0.25, 0.3) is 0 Å². The summed E-state index contributed by atoms with van der Waals surface area (Å²) in [6.07, 6.45) is 1.74. The molecule has 1 heterocycles. The van der Waals surface area contributed by atoms with Crippen LogP contribution in [0.25, 0.3) is 21.8 Å². The fourth-order valence-electron chi connectivity index (χ4n) is 4.16. The number of thiocarbonyl (C=S) groups is 1. The summed E-state index contributed by atoms with van der Waals surface area (Å²) in [7, 11) is 0. The first-order valence-electron chi connectivity index (χ1n) is 11.7. The molecule has 3 N–H and O–H groups in total. The second-order valence-corrected chi connectivity index (χ2v) is 11.2. The van der Waals surface area contributed by atoms with Crippen molar-refractivity contribution in [3.05, 3.63) is 77.4 Å². The zero-order valence-electron chi connectivity index (χ0n) is 21.1. The Hall–Kier alpha value is -3.51. The molecular formula is C29H32N4OS. The van der Waals surface area contributed by atoms with Crippen molar-refractivity contribution in [2.45, 2.75) is 52.4 Å². The fraction of sp³-hybridized carbons (Fsp3) is 0.276. The van der Waals surface area contributed by atoms with Gasteiger partial charge in [-0.3, -0.25) is 5.43 Å². The molecular weight excluding hydrogens is 452 g/mol. The van der Waals surface area contributed by atoms with Crippen molar-refractivity contribution < 1.29 is 5.11 Å². The predicted molar refractivity (Wildman–Crippen MR) is 152 cm³/mol. The number of aromatic hydroxyl groups is 1. The molecule has 0 unspecified atom stereocenters. The van der Waals surface area contributed by atoms with Gasteiger partial charge in [-0.15, -0.1) is 0 Å². The van der Waals surface area contributed by atoms with Gasteiger partial charge in [-0.25, -0.2) is 4.98 Å². The van der Waals surface area contributed by atoms with Crippen LogP contribution in [0.1, 0.15) is 58.2 Å². The molecule has 0 spiro atoms. The van der Waals surface area contributed by atoms with Crippen LogP contribution in [0.4, 0.5) is 5.69 Å². The van der Waals surface area contributed by atoms with Gasteiger partial charge in [0.1, 0.15) is 5.75 Å². The van der Waals surface area contributed by atoms with Gasteiger partial charge in [-0.05, 0) is 52.9 Å². The fourth-order valence-corrected chi connectivity index (χ4v) is 4.31. The van der Waals surface area contributed by atoms with Crippen molar-refractivity contribution in [3.8, 4) is 5.75 Å². The number of phenols is 1. The molecule has 0 radical (unpaired) electrons. The minimum absolute atomic E-state index is 0.207. The van der Waals surface area contributed by atoms with Crippen molar-refractivity contribution in [1.29, 1.82) is 0 Å². The highest BCUT2D eigenvalue weighted by atomic mass is 32.1. The summed E-state index contributed by atoms with van der Waals surface area (Å²) in [6, 6.07) is 19.9. The Balaban J connectivity index is 1.62. The number of fused-ring (bicyclic) bond motifs is 2. The lowest BCUT2D eigenvalue weighted by molar-refractivity contribution is 0.423. The molecule has 5 nitrogen and oxygen atoms in total. The monoisotopic (exact) mass is 484 g/mol. The first-order valence-corrected chi connectivity index (χ1v) is 12.1. The second-order valence-electron chi connectivity index (χ2n) is 10.8. The van der Waals surface area contributed by atoms with Crippen LogP contribution in [0.3, 0.4) is 0 Å². The molecule has 35 heavy (non-hydrogen) atoms. The smallest absolute Gasteiger partial charge is 0.191 e. The van der Waals surface area contributed by atoms with E-state index < -0.39 is 0 Å². The molecule has 0 bridgehead atoms. The molecule has 4 rings (SSSR count). The van der Waals surface area contributed by atoms with Gasteiger partial charge in [0, 0.05) is 21.9 Å². The van der Waals surface area contributed by atoms with Crippen LogP contribution in [0.15, 0.2) is 65.8 Å². The Morgan fingerprint density at radius 1 is 0.857 bits per heavy atom. The van der Waals surface area contributed by atoms with E-state index in [-0.39, 0.29) is 10.8 Å². The molecule has 0 saturated heterocycles. The predicted octanol–water partition coefficient (Wildman–Crippen LogP) is 7.01. The Morgan fingerprint density at radius 3 is 1.83 bits per heavy atom. The normalized spacial score (nSPS) is 12.4. The number of hydrazone groups is 1. The lowest BCUT2D eigenvalue weighted by atomic mass is 9.78. The summed E-state index contributed by atoms with van der Waals surface area (Å²) in [5, 5.41) is 21.0. The number of phenolic OH excluding ortho intramolecular Hbond substituents is 1. The highest BCUT2D eigenvalue weighted by molar-refractivity contribution is 7.80. The molecule has 4 aromatic rings. The largest absolute Gasteiger partial charge is 0.507 e. The number of rotatable bonds is 3. The third-order valence-electron chi connectivity index (χ3n) is 5.95. The summed E-state index contributed by atoms with van der Waals surface area (Å²) in [5.74, 6) is 0.351. The third-order valence-corrected chi connectivity index (χ3v) is 6.15. The van der Waals surface area contributed by atoms with Gasteiger partial charge in [-0.1, -0.05) is 77.9 Å². The highest BCUT2D eigenvalue weighted by Gasteiger charge is 2.26. The molecule has 1 aromatic heterocycles. The van der Waals surface area contributed by atoms with Crippen LogP contribution in [-0.2, 0) is 10.8 Å². The number of hydrogen-bond donors (Lipinski definition) is 3. The van der Waals surface area contributed by atoms with E-state index in [1.807, 2.05) is 60.7 Å². The van der Waals surface area contributed by atoms with Crippen molar-refractivity contribution >= 4 is 51.0 Å². The van der Waals surface area contributed by atoms with Crippen LogP contribution < -0.4 is 10.7 Å². The van der Waals surface area contributed by atoms with Gasteiger partial charge in [-0.2, -0.15) is 5.10 Å². The second kappa shape index (κ2) is 9.27. The number of aromatic nitrogens is 1. The average molecular weight is 485 g/mol. The molecule has 0 aliphatic heterocycles. The van der Waals surface area contributed by atoms with Gasteiger partial charge in [0.2, 0.25) is 0 Å². The molecule has 0 atom stereocenters. The minimum atomic E-state index is -0.207. The number of pyridine rings is 1. The van der Waals surface area contributed by atoms with Crippen LogP contribution in [0.2, 0.25) is 0 Å². The van der Waals surface area contributed by atoms with Crippen LogP contribution in [0, 0.1) is 0 Å². The number of hydrogen-bond acceptors (Lipinski definition) is 4. The lowest BCUT2D eigenvalue weighted by Crippen LogP contribution is -2.24. The maximum atomic E-state index is 10.9. The maximum absolute atomic E-state index is 10.9. The van der Waals surface area contributed by atoms with Gasteiger partial charge < -0.3 is 10.4 Å². The van der Waals surface area contributed by atoms with Gasteiger partial charge in [0.05, 0.1) is 22.9 Å². The molecule has 6 heteroatoms. The van der Waals surface area contributed by atoms with E-state index in [0.717, 1.165) is 44.2 Å². The lowest BCUT2D eigenvalue weighted by Gasteiger charge is -2.27. The first-order chi connectivity index (χ1) is 16.4. The van der Waals surface area contributed by atoms with E-state index in [9.17, 15) is 5.11 Å². The van der Waals surface area contributed by atoms with Crippen LogP contribution in [-0.4, -0.2) is 21.4 Å². The van der Waals surface area contributed by atoms with Crippen molar-refractivity contribution in [2.24, 2.45) is 5.10 Å². The van der Waals surface area contributed by atoms with Crippen LogP contribution in [0.5, 0.6) is 5.75 Å². The van der Waals surface area contributed by atoms with Crippen molar-refractivity contribution in [2.75, 3.05) is 5.32 Å². The van der Waals surface area contributed by atoms with Crippen LogP contribution >= 0.6 is 12.2 Å². The Bertz CT molecular complexity index is 1360. The average Bonchev–Trinajstić information content (AvgIpc) is 2.78. The van der Waals surface area contributed by atoms with Crippen molar-refractivity contribution in [1.82, 2.24) is 10.4 Å². The number of para-hydroxylation sites is 2. The quantitative estimate of drug-likeness (QED) is 0.126. The van der Waals surface area contributed by atoms with Gasteiger partial charge in [0.15, 0.2) is 5.11 Å². The summed E-state index contributed by atoms with van der Waals surface area (Å²) in [4.78, 5) is 4.76. The molecule has 0 amide bonds. The molecule has 3 aromatic carbocycles. The molecule has 180 valence electrons. The zero-order chi connectivity index (χ0) is 25.4. The van der Waals surface area contributed by atoms with E-state index in [4.69, 9.17) is 17.2 Å². The van der Waals surface area contributed by atoms with E-state index in [1.165, 1.54) is 0 Å². The highest BCUT2D eigenvalue weighted by Crippen LogP contribution is 2.39. The van der Waals surface area contributed by atoms with E-state index in [0.29, 0.717) is 10.9 Å². The SMILES string of the molecule is CC(C)(C)c1cc(/C=N/NC(=S)Nc2c3ccccc3nc3ccccc23)cc(C(C)(C)C)c1O. The molecule has 0 saturated carbocycles.